The van der Waals surface area contributed by atoms with Crippen LogP contribution >= 0.6 is 22.9 Å². The average molecular weight is 437 g/mol. The standard InChI is InChI=1S/C25H25ClN2OS/c1-16(2)17-9-11-18(12-10-17)22-13-14-23(30-22)21-15-24(25(3,4)29)27-28(21)20-8-6-5-7-19(20)26/h5-16,29H,1-4H3. The molecule has 0 saturated carbocycles. The lowest BCUT2D eigenvalue weighted by molar-refractivity contribution is 0.0734. The van der Waals surface area contributed by atoms with Gasteiger partial charge in [-0.2, -0.15) is 5.10 Å². The van der Waals surface area contributed by atoms with Crippen LogP contribution < -0.4 is 0 Å². The van der Waals surface area contributed by atoms with E-state index in [2.05, 4.69) is 50.2 Å². The fraction of sp³-hybridized carbons (Fsp3) is 0.240. The van der Waals surface area contributed by atoms with Gasteiger partial charge in [0.2, 0.25) is 0 Å². The number of hydrogen-bond donors (Lipinski definition) is 1. The van der Waals surface area contributed by atoms with Crippen LogP contribution in [0.4, 0.5) is 0 Å². The molecule has 30 heavy (non-hydrogen) atoms. The Morgan fingerprint density at radius 1 is 0.967 bits per heavy atom. The first kappa shape index (κ1) is 20.9. The molecule has 2 heterocycles. The minimum atomic E-state index is -1.05. The summed E-state index contributed by atoms with van der Waals surface area (Å²) in [6.07, 6.45) is 0. The van der Waals surface area contributed by atoms with Crippen LogP contribution in [-0.2, 0) is 5.60 Å². The number of rotatable bonds is 5. The van der Waals surface area contributed by atoms with Crippen molar-refractivity contribution in [2.45, 2.75) is 39.2 Å². The minimum Gasteiger partial charge on any atom is -0.384 e. The molecule has 0 fully saturated rings. The molecule has 0 bridgehead atoms. The van der Waals surface area contributed by atoms with Crippen molar-refractivity contribution in [1.82, 2.24) is 9.78 Å². The highest BCUT2D eigenvalue weighted by molar-refractivity contribution is 7.18. The molecule has 1 N–H and O–H groups in total. The third-order valence-electron chi connectivity index (χ3n) is 5.14. The average Bonchev–Trinajstić information content (AvgIpc) is 3.35. The molecule has 2 aromatic carbocycles. The second-order valence-corrected chi connectivity index (χ2v) is 9.77. The Balaban J connectivity index is 1.79. The Labute approximate surface area is 186 Å². The van der Waals surface area contributed by atoms with Crippen molar-refractivity contribution >= 4 is 22.9 Å². The maximum absolute atomic E-state index is 10.5. The summed E-state index contributed by atoms with van der Waals surface area (Å²) >= 11 is 8.17. The number of aliphatic hydroxyl groups is 1. The molecular formula is C25H25ClN2OS. The summed E-state index contributed by atoms with van der Waals surface area (Å²) in [5.41, 5.74) is 3.79. The number of thiophene rings is 1. The second kappa shape index (κ2) is 8.03. The highest BCUT2D eigenvalue weighted by Gasteiger charge is 2.24. The lowest BCUT2D eigenvalue weighted by Gasteiger charge is -2.13. The Hall–Kier alpha value is -2.40. The highest BCUT2D eigenvalue weighted by atomic mass is 35.5. The maximum Gasteiger partial charge on any atom is 0.103 e. The molecule has 2 aromatic heterocycles. The van der Waals surface area contributed by atoms with Crippen molar-refractivity contribution in [2.75, 3.05) is 0 Å². The first-order valence-corrected chi connectivity index (χ1v) is 11.2. The molecule has 0 aliphatic heterocycles. The SMILES string of the molecule is CC(C)c1ccc(-c2ccc(-c3cc(C(C)(C)O)nn3-c3ccccc3Cl)s2)cc1. The Bertz CT molecular complexity index is 1170. The zero-order valence-corrected chi connectivity index (χ0v) is 19.1. The molecule has 0 aliphatic carbocycles. The molecule has 0 atom stereocenters. The van der Waals surface area contributed by atoms with Crippen molar-refractivity contribution in [3.05, 3.63) is 83.0 Å². The summed E-state index contributed by atoms with van der Waals surface area (Å²) in [5.74, 6) is 0.517. The van der Waals surface area contributed by atoms with Gasteiger partial charge in [0.1, 0.15) is 5.60 Å². The lowest BCUT2D eigenvalue weighted by Crippen LogP contribution is -2.16. The third kappa shape index (κ3) is 4.08. The molecule has 4 aromatic rings. The first-order valence-electron chi connectivity index (χ1n) is 10.0. The van der Waals surface area contributed by atoms with Gasteiger partial charge < -0.3 is 5.11 Å². The predicted molar refractivity (Wildman–Crippen MR) is 127 cm³/mol. The highest BCUT2D eigenvalue weighted by Crippen LogP contribution is 2.38. The van der Waals surface area contributed by atoms with Gasteiger partial charge in [0, 0.05) is 4.88 Å². The summed E-state index contributed by atoms with van der Waals surface area (Å²) in [5, 5.41) is 15.8. The molecule has 0 amide bonds. The van der Waals surface area contributed by atoms with Gasteiger partial charge in [-0.05, 0) is 61.2 Å². The van der Waals surface area contributed by atoms with Crippen molar-refractivity contribution in [2.24, 2.45) is 0 Å². The molecule has 0 spiro atoms. The van der Waals surface area contributed by atoms with Crippen molar-refractivity contribution < 1.29 is 5.11 Å². The fourth-order valence-electron chi connectivity index (χ4n) is 3.33. The number of aromatic nitrogens is 2. The summed E-state index contributed by atoms with van der Waals surface area (Å²) in [7, 11) is 0. The van der Waals surface area contributed by atoms with E-state index >= 15 is 0 Å². The van der Waals surface area contributed by atoms with Crippen LogP contribution in [0.2, 0.25) is 5.02 Å². The van der Waals surface area contributed by atoms with E-state index in [4.69, 9.17) is 16.7 Å². The lowest BCUT2D eigenvalue weighted by atomic mass is 10.0. The summed E-state index contributed by atoms with van der Waals surface area (Å²) in [4.78, 5) is 2.26. The van der Waals surface area contributed by atoms with E-state index < -0.39 is 5.60 Å². The molecule has 154 valence electrons. The largest absolute Gasteiger partial charge is 0.384 e. The van der Waals surface area contributed by atoms with Crippen LogP contribution in [0.25, 0.3) is 26.7 Å². The molecule has 0 saturated heterocycles. The minimum absolute atomic E-state index is 0.517. The van der Waals surface area contributed by atoms with E-state index in [1.54, 1.807) is 25.2 Å². The topological polar surface area (TPSA) is 38.1 Å². The zero-order chi connectivity index (χ0) is 21.5. The number of halogens is 1. The number of nitrogens with zero attached hydrogens (tertiary/aromatic N) is 2. The molecule has 5 heteroatoms. The Kier molecular flexibility index (Phi) is 5.58. The van der Waals surface area contributed by atoms with Crippen LogP contribution in [0.5, 0.6) is 0 Å². The van der Waals surface area contributed by atoms with Crippen molar-refractivity contribution in [1.29, 1.82) is 0 Å². The van der Waals surface area contributed by atoms with Crippen LogP contribution in [-0.4, -0.2) is 14.9 Å². The quantitative estimate of drug-likeness (QED) is 0.357. The number of benzene rings is 2. The van der Waals surface area contributed by atoms with Crippen LogP contribution in [0, 0.1) is 0 Å². The summed E-state index contributed by atoms with van der Waals surface area (Å²) < 4.78 is 1.83. The zero-order valence-electron chi connectivity index (χ0n) is 17.6. The van der Waals surface area contributed by atoms with E-state index in [-0.39, 0.29) is 0 Å². The van der Waals surface area contributed by atoms with E-state index in [0.29, 0.717) is 16.6 Å². The molecule has 4 rings (SSSR count). The van der Waals surface area contributed by atoms with E-state index in [9.17, 15) is 5.11 Å². The molecule has 3 nitrogen and oxygen atoms in total. The van der Waals surface area contributed by atoms with Crippen molar-refractivity contribution in [3.63, 3.8) is 0 Å². The van der Waals surface area contributed by atoms with Crippen molar-refractivity contribution in [3.8, 4) is 26.7 Å². The summed E-state index contributed by atoms with van der Waals surface area (Å²) in [6, 6.07) is 22.6. The van der Waals surface area contributed by atoms with Gasteiger partial charge in [-0.1, -0.05) is 61.8 Å². The predicted octanol–water partition coefficient (Wildman–Crippen LogP) is 7.27. The van der Waals surface area contributed by atoms with Gasteiger partial charge in [0.15, 0.2) is 0 Å². The van der Waals surface area contributed by atoms with Crippen LogP contribution in [0.3, 0.4) is 0 Å². The fourth-order valence-corrected chi connectivity index (χ4v) is 4.55. The van der Waals surface area contributed by atoms with Gasteiger partial charge in [0.05, 0.1) is 27.0 Å². The molecule has 0 radical (unpaired) electrons. The van der Waals surface area contributed by atoms with E-state index in [1.807, 2.05) is 35.0 Å². The second-order valence-electron chi connectivity index (χ2n) is 8.28. The van der Waals surface area contributed by atoms with Gasteiger partial charge in [0.25, 0.3) is 0 Å². The third-order valence-corrected chi connectivity index (χ3v) is 6.61. The van der Waals surface area contributed by atoms with Gasteiger partial charge >= 0.3 is 0 Å². The summed E-state index contributed by atoms with van der Waals surface area (Å²) in [6.45, 7) is 7.89. The number of para-hydroxylation sites is 1. The molecule has 0 unspecified atom stereocenters. The smallest absolute Gasteiger partial charge is 0.103 e. The molecule has 0 aliphatic rings. The maximum atomic E-state index is 10.5. The van der Waals surface area contributed by atoms with Gasteiger partial charge in [-0.15, -0.1) is 11.3 Å². The first-order chi connectivity index (χ1) is 14.2. The number of hydrogen-bond acceptors (Lipinski definition) is 3. The van der Waals surface area contributed by atoms with Gasteiger partial charge in [-0.25, -0.2) is 4.68 Å². The van der Waals surface area contributed by atoms with E-state index in [1.165, 1.54) is 16.0 Å². The van der Waals surface area contributed by atoms with Crippen LogP contribution in [0.1, 0.15) is 44.9 Å². The Morgan fingerprint density at radius 2 is 1.63 bits per heavy atom. The monoisotopic (exact) mass is 436 g/mol. The van der Waals surface area contributed by atoms with E-state index in [0.717, 1.165) is 16.3 Å². The normalized spacial score (nSPS) is 12.0. The van der Waals surface area contributed by atoms with Gasteiger partial charge in [-0.3, -0.25) is 0 Å². The molecular weight excluding hydrogens is 412 g/mol. The Morgan fingerprint density at radius 3 is 2.27 bits per heavy atom. The van der Waals surface area contributed by atoms with Crippen LogP contribution in [0.15, 0.2) is 66.7 Å².